The molecule has 0 fully saturated rings. The van der Waals surface area contributed by atoms with Crippen LogP contribution in [0.3, 0.4) is 0 Å². The molecule has 2 rings (SSSR count). The van der Waals surface area contributed by atoms with E-state index >= 15 is 0 Å². The first-order valence-corrected chi connectivity index (χ1v) is 5.59. The average molecular weight is 259 g/mol. The molecule has 0 saturated carbocycles. The number of aromatic nitrogens is 2. The fourth-order valence-corrected chi connectivity index (χ4v) is 1.67. The van der Waals surface area contributed by atoms with Gasteiger partial charge in [-0.3, -0.25) is 5.32 Å². The average Bonchev–Trinajstić information content (AvgIpc) is 2.38. The van der Waals surface area contributed by atoms with Crippen LogP contribution in [0.15, 0.2) is 30.3 Å². The molecule has 0 radical (unpaired) electrons. The number of hydrogen-bond donors (Lipinski definition) is 2. The highest BCUT2D eigenvalue weighted by atomic mass is 16.5. The first-order chi connectivity index (χ1) is 9.10. The molecule has 19 heavy (non-hydrogen) atoms. The number of nitrogens with one attached hydrogen (secondary N) is 1. The molecule has 1 aromatic carbocycles. The van der Waals surface area contributed by atoms with Crippen LogP contribution in [0.5, 0.6) is 5.88 Å². The number of nitrogens with zero attached hydrogens (tertiary/aromatic N) is 2. The van der Waals surface area contributed by atoms with Crippen LogP contribution >= 0.6 is 0 Å². The van der Waals surface area contributed by atoms with Crippen LogP contribution in [-0.4, -0.2) is 28.3 Å². The lowest BCUT2D eigenvalue weighted by atomic mass is 10.1. The van der Waals surface area contributed by atoms with Crippen molar-refractivity contribution in [2.75, 3.05) is 12.4 Å². The quantitative estimate of drug-likeness (QED) is 0.884. The Hall–Kier alpha value is -2.63. The summed E-state index contributed by atoms with van der Waals surface area (Å²) >= 11 is 0. The maximum Gasteiger partial charge on any atom is 0.409 e. The second kappa shape index (κ2) is 5.34. The van der Waals surface area contributed by atoms with Gasteiger partial charge >= 0.3 is 6.09 Å². The number of carbonyl (C=O) groups is 1. The lowest BCUT2D eigenvalue weighted by Gasteiger charge is -2.09. The topological polar surface area (TPSA) is 84.3 Å². The van der Waals surface area contributed by atoms with E-state index in [0.29, 0.717) is 23.0 Å². The molecule has 6 heteroatoms. The normalized spacial score (nSPS) is 10.0. The summed E-state index contributed by atoms with van der Waals surface area (Å²) < 4.78 is 5.09. The molecule has 0 unspecified atom stereocenters. The molecule has 2 aromatic rings. The van der Waals surface area contributed by atoms with Crippen LogP contribution in [0.1, 0.15) is 5.69 Å². The number of benzene rings is 1. The van der Waals surface area contributed by atoms with Gasteiger partial charge in [0, 0.05) is 17.3 Å². The number of hydrogen-bond acceptors (Lipinski definition) is 4. The molecular weight excluding hydrogens is 246 g/mol. The summed E-state index contributed by atoms with van der Waals surface area (Å²) in [6.07, 6.45) is -1.13. The highest BCUT2D eigenvalue weighted by Crippen LogP contribution is 2.26. The molecule has 1 amide bonds. The van der Waals surface area contributed by atoms with Crippen molar-refractivity contribution in [2.24, 2.45) is 0 Å². The minimum Gasteiger partial charge on any atom is -0.481 e. The summed E-state index contributed by atoms with van der Waals surface area (Å²) in [5.74, 6) is 0.855. The molecule has 0 spiro atoms. The molecule has 6 nitrogen and oxygen atoms in total. The molecule has 0 aliphatic heterocycles. The van der Waals surface area contributed by atoms with Gasteiger partial charge < -0.3 is 9.84 Å². The third-order valence-corrected chi connectivity index (χ3v) is 2.45. The van der Waals surface area contributed by atoms with Crippen LogP contribution in [0, 0.1) is 6.92 Å². The maximum absolute atomic E-state index is 10.8. The Morgan fingerprint density at radius 2 is 2.05 bits per heavy atom. The summed E-state index contributed by atoms with van der Waals surface area (Å²) in [6.45, 7) is 1.82. The fraction of sp³-hybridized carbons (Fsp3) is 0.154. The molecule has 0 atom stereocenters. The first kappa shape index (κ1) is 12.8. The van der Waals surface area contributed by atoms with E-state index in [1.807, 2.05) is 6.92 Å². The number of ether oxygens (including phenoxy) is 1. The zero-order valence-electron chi connectivity index (χ0n) is 10.5. The zero-order chi connectivity index (χ0) is 13.8. The second-order valence-corrected chi connectivity index (χ2v) is 3.85. The molecule has 0 bridgehead atoms. The van der Waals surface area contributed by atoms with Gasteiger partial charge in [-0.2, -0.15) is 4.98 Å². The minimum absolute atomic E-state index is 0.418. The predicted octanol–water partition coefficient (Wildman–Crippen LogP) is 2.55. The van der Waals surface area contributed by atoms with Gasteiger partial charge in [-0.1, -0.05) is 12.1 Å². The molecule has 1 heterocycles. The van der Waals surface area contributed by atoms with Crippen LogP contribution in [0.4, 0.5) is 10.5 Å². The summed E-state index contributed by atoms with van der Waals surface area (Å²) in [6, 6.07) is 8.64. The van der Waals surface area contributed by atoms with Gasteiger partial charge in [-0.15, -0.1) is 0 Å². The summed E-state index contributed by atoms with van der Waals surface area (Å²) in [4.78, 5) is 19.3. The summed E-state index contributed by atoms with van der Waals surface area (Å²) in [5, 5.41) is 11.1. The van der Waals surface area contributed by atoms with E-state index in [1.165, 1.54) is 7.11 Å². The summed E-state index contributed by atoms with van der Waals surface area (Å²) in [7, 11) is 1.52. The van der Waals surface area contributed by atoms with Gasteiger partial charge in [0.25, 0.3) is 0 Å². The van der Waals surface area contributed by atoms with Crippen molar-refractivity contribution < 1.29 is 14.6 Å². The number of amides is 1. The van der Waals surface area contributed by atoms with Crippen LogP contribution in [-0.2, 0) is 0 Å². The third kappa shape index (κ3) is 2.98. The number of carboxylic acid groups (broad SMARTS) is 1. The van der Waals surface area contributed by atoms with E-state index in [2.05, 4.69) is 15.3 Å². The number of rotatable bonds is 3. The van der Waals surface area contributed by atoms with Crippen molar-refractivity contribution in [3.05, 3.63) is 36.0 Å². The molecule has 0 aliphatic carbocycles. The third-order valence-electron chi connectivity index (χ3n) is 2.45. The van der Waals surface area contributed by atoms with Crippen molar-refractivity contribution in [3.63, 3.8) is 0 Å². The highest BCUT2D eigenvalue weighted by molar-refractivity contribution is 5.89. The number of methoxy groups -OCH3 is 1. The zero-order valence-corrected chi connectivity index (χ0v) is 10.5. The van der Waals surface area contributed by atoms with Crippen LogP contribution in [0.2, 0.25) is 0 Å². The highest BCUT2D eigenvalue weighted by Gasteiger charge is 2.11. The van der Waals surface area contributed by atoms with Crippen LogP contribution in [0.25, 0.3) is 11.4 Å². The lowest BCUT2D eigenvalue weighted by Crippen LogP contribution is -2.09. The monoisotopic (exact) mass is 259 g/mol. The van der Waals surface area contributed by atoms with Crippen molar-refractivity contribution in [1.82, 2.24) is 9.97 Å². The fourth-order valence-electron chi connectivity index (χ4n) is 1.67. The van der Waals surface area contributed by atoms with Crippen molar-refractivity contribution in [1.29, 1.82) is 0 Å². The van der Waals surface area contributed by atoms with E-state index in [4.69, 9.17) is 9.84 Å². The van der Waals surface area contributed by atoms with Gasteiger partial charge in [0.15, 0.2) is 5.82 Å². The Bertz CT molecular complexity index is 614. The number of anilines is 1. The minimum atomic E-state index is -1.13. The van der Waals surface area contributed by atoms with E-state index in [0.717, 1.165) is 5.69 Å². The van der Waals surface area contributed by atoms with E-state index in [1.54, 1.807) is 30.3 Å². The SMILES string of the molecule is COc1cc(C)nc(-c2ccccc2NC(=O)O)n1. The Balaban J connectivity index is 2.52. The van der Waals surface area contributed by atoms with Crippen molar-refractivity contribution in [2.45, 2.75) is 6.92 Å². The maximum atomic E-state index is 10.8. The van der Waals surface area contributed by atoms with Gasteiger partial charge in [0.2, 0.25) is 5.88 Å². The number of aryl methyl sites for hydroxylation is 1. The lowest BCUT2D eigenvalue weighted by molar-refractivity contribution is 0.210. The van der Waals surface area contributed by atoms with Crippen molar-refractivity contribution in [3.8, 4) is 17.3 Å². The van der Waals surface area contributed by atoms with Crippen molar-refractivity contribution >= 4 is 11.8 Å². The van der Waals surface area contributed by atoms with E-state index in [9.17, 15) is 4.79 Å². The van der Waals surface area contributed by atoms with Gasteiger partial charge in [-0.25, -0.2) is 9.78 Å². The Morgan fingerprint density at radius 3 is 2.74 bits per heavy atom. The second-order valence-electron chi connectivity index (χ2n) is 3.85. The van der Waals surface area contributed by atoms with Gasteiger partial charge in [-0.05, 0) is 19.1 Å². The first-order valence-electron chi connectivity index (χ1n) is 5.59. The predicted molar refractivity (Wildman–Crippen MR) is 70.4 cm³/mol. The molecule has 98 valence electrons. The van der Waals surface area contributed by atoms with Gasteiger partial charge in [0.1, 0.15) is 0 Å². The van der Waals surface area contributed by atoms with E-state index in [-0.39, 0.29) is 0 Å². The standard InChI is InChI=1S/C13H13N3O3/c1-8-7-11(19-2)16-12(14-8)9-5-3-4-6-10(9)15-13(17)18/h3-7,15H,1-2H3,(H,17,18). The Labute approximate surface area is 110 Å². The Morgan fingerprint density at radius 1 is 1.32 bits per heavy atom. The molecule has 0 saturated heterocycles. The van der Waals surface area contributed by atoms with Gasteiger partial charge in [0.05, 0.1) is 12.8 Å². The molecular formula is C13H13N3O3. The Kier molecular flexibility index (Phi) is 3.61. The number of para-hydroxylation sites is 1. The molecule has 1 aromatic heterocycles. The molecule has 2 N–H and O–H groups in total. The smallest absolute Gasteiger partial charge is 0.409 e. The largest absolute Gasteiger partial charge is 0.481 e. The molecule has 0 aliphatic rings. The van der Waals surface area contributed by atoms with E-state index < -0.39 is 6.09 Å². The summed E-state index contributed by atoms with van der Waals surface area (Å²) in [5.41, 5.74) is 1.78. The van der Waals surface area contributed by atoms with Crippen LogP contribution < -0.4 is 10.1 Å².